The largest absolute Gasteiger partial charge is 0.392 e. The number of rotatable bonds is 9. The van der Waals surface area contributed by atoms with Crippen molar-refractivity contribution in [2.45, 2.75) is 31.8 Å². The molecule has 1 aromatic rings. The molecule has 0 aliphatic rings. The second-order valence-electron chi connectivity index (χ2n) is 5.10. The van der Waals surface area contributed by atoms with Gasteiger partial charge in [0, 0.05) is 18.7 Å². The molecule has 0 aliphatic carbocycles. The lowest BCUT2D eigenvalue weighted by atomic mass is 10.1. The smallest absolute Gasteiger partial charge is 0.240 e. The first-order valence-corrected chi connectivity index (χ1v) is 8.32. The van der Waals surface area contributed by atoms with Crippen molar-refractivity contribution in [2.24, 2.45) is 5.92 Å². The third kappa shape index (κ3) is 6.09. The van der Waals surface area contributed by atoms with Crippen LogP contribution in [0.3, 0.4) is 0 Å². The molecule has 120 valence electrons. The van der Waals surface area contributed by atoms with Crippen molar-refractivity contribution in [1.82, 2.24) is 4.72 Å². The number of hydrogen-bond acceptors (Lipinski definition) is 4. The highest BCUT2D eigenvalue weighted by molar-refractivity contribution is 7.89. The highest BCUT2D eigenvalue weighted by Gasteiger charge is 2.15. The molecular weight excluding hydrogens is 297 g/mol. The van der Waals surface area contributed by atoms with Crippen LogP contribution in [0, 0.1) is 11.7 Å². The minimum Gasteiger partial charge on any atom is -0.392 e. The van der Waals surface area contributed by atoms with Gasteiger partial charge >= 0.3 is 0 Å². The summed E-state index contributed by atoms with van der Waals surface area (Å²) in [5, 5.41) is 8.95. The third-order valence-electron chi connectivity index (χ3n) is 2.88. The first-order chi connectivity index (χ1) is 9.86. The first kappa shape index (κ1) is 18.0. The van der Waals surface area contributed by atoms with E-state index in [0.29, 0.717) is 12.5 Å². The lowest BCUT2D eigenvalue weighted by Crippen LogP contribution is -2.27. The van der Waals surface area contributed by atoms with Gasteiger partial charge in [0.25, 0.3) is 0 Å². The number of sulfonamides is 1. The third-order valence-corrected chi connectivity index (χ3v) is 4.33. The molecule has 0 fully saturated rings. The number of halogens is 1. The average Bonchev–Trinajstić information content (AvgIpc) is 2.42. The summed E-state index contributed by atoms with van der Waals surface area (Å²) in [6.07, 6.45) is 0.921. The molecule has 0 radical (unpaired) electrons. The van der Waals surface area contributed by atoms with Crippen molar-refractivity contribution in [1.29, 1.82) is 0 Å². The van der Waals surface area contributed by atoms with E-state index in [-0.39, 0.29) is 23.6 Å². The summed E-state index contributed by atoms with van der Waals surface area (Å²) in [6.45, 7) is 4.63. The van der Waals surface area contributed by atoms with E-state index in [1.165, 1.54) is 0 Å². The molecule has 0 saturated heterocycles. The average molecular weight is 319 g/mol. The second kappa shape index (κ2) is 8.43. The molecule has 0 atom stereocenters. The molecular formula is C14H22FNO4S. The van der Waals surface area contributed by atoms with Crippen LogP contribution in [0.2, 0.25) is 0 Å². The Morgan fingerprint density at radius 1 is 1.33 bits per heavy atom. The summed E-state index contributed by atoms with van der Waals surface area (Å²) in [5.74, 6) is -0.0914. The summed E-state index contributed by atoms with van der Waals surface area (Å²) >= 11 is 0. The standard InChI is InChI=1S/C14H22FNO4S/c1-11(2)5-7-20-8-6-16-21(18,19)13-3-4-14(15)12(9-13)10-17/h3-4,9,11,16-17H,5-8,10H2,1-2H3. The molecule has 21 heavy (non-hydrogen) atoms. The van der Waals surface area contributed by atoms with E-state index < -0.39 is 22.4 Å². The first-order valence-electron chi connectivity index (χ1n) is 6.83. The van der Waals surface area contributed by atoms with E-state index in [9.17, 15) is 12.8 Å². The van der Waals surface area contributed by atoms with Crippen LogP contribution in [0.15, 0.2) is 23.1 Å². The van der Waals surface area contributed by atoms with E-state index in [2.05, 4.69) is 18.6 Å². The van der Waals surface area contributed by atoms with E-state index in [0.717, 1.165) is 24.6 Å². The summed E-state index contributed by atoms with van der Waals surface area (Å²) in [7, 11) is -3.72. The van der Waals surface area contributed by atoms with Crippen LogP contribution in [0.1, 0.15) is 25.8 Å². The van der Waals surface area contributed by atoms with E-state index >= 15 is 0 Å². The normalized spacial score (nSPS) is 12.0. The summed E-state index contributed by atoms with van der Waals surface area (Å²) in [6, 6.07) is 3.31. The maximum absolute atomic E-state index is 13.2. The molecule has 0 bridgehead atoms. The van der Waals surface area contributed by atoms with Crippen LogP contribution in [0.25, 0.3) is 0 Å². The minimum absolute atomic E-state index is 0.0499. The number of hydrogen-bond donors (Lipinski definition) is 2. The van der Waals surface area contributed by atoms with Crippen LogP contribution in [-0.2, 0) is 21.4 Å². The van der Waals surface area contributed by atoms with Crippen LogP contribution < -0.4 is 4.72 Å². The summed E-state index contributed by atoms with van der Waals surface area (Å²) in [4.78, 5) is -0.0740. The molecule has 0 spiro atoms. The van der Waals surface area contributed by atoms with Gasteiger partial charge < -0.3 is 9.84 Å². The van der Waals surface area contributed by atoms with Gasteiger partial charge in [-0.1, -0.05) is 13.8 Å². The Kier molecular flexibility index (Phi) is 7.24. The molecule has 0 aromatic heterocycles. The molecule has 2 N–H and O–H groups in total. The number of benzene rings is 1. The van der Waals surface area contributed by atoms with Gasteiger partial charge in [-0.15, -0.1) is 0 Å². The fraction of sp³-hybridized carbons (Fsp3) is 0.571. The second-order valence-corrected chi connectivity index (χ2v) is 6.87. The molecule has 7 heteroatoms. The molecule has 1 aromatic carbocycles. The van der Waals surface area contributed by atoms with Gasteiger partial charge in [-0.3, -0.25) is 0 Å². The van der Waals surface area contributed by atoms with Crippen LogP contribution in [0.4, 0.5) is 4.39 Å². The van der Waals surface area contributed by atoms with Gasteiger partial charge in [0.05, 0.1) is 18.1 Å². The number of aliphatic hydroxyl groups excluding tert-OH is 1. The molecule has 0 saturated carbocycles. The Morgan fingerprint density at radius 2 is 2.05 bits per heavy atom. The van der Waals surface area contributed by atoms with Crippen molar-refractivity contribution in [3.05, 3.63) is 29.6 Å². The summed E-state index contributed by atoms with van der Waals surface area (Å²) in [5.41, 5.74) is -0.0499. The molecule has 0 amide bonds. The Hall–Kier alpha value is -1.02. The minimum atomic E-state index is -3.72. The lowest BCUT2D eigenvalue weighted by Gasteiger charge is -2.09. The fourth-order valence-electron chi connectivity index (χ4n) is 1.59. The topological polar surface area (TPSA) is 75.6 Å². The van der Waals surface area contributed by atoms with Gasteiger partial charge in [-0.2, -0.15) is 0 Å². The highest BCUT2D eigenvalue weighted by Crippen LogP contribution is 2.14. The quantitative estimate of drug-likeness (QED) is 0.679. The van der Waals surface area contributed by atoms with Crippen molar-refractivity contribution >= 4 is 10.0 Å². The monoisotopic (exact) mass is 319 g/mol. The Balaban J connectivity index is 2.50. The fourth-order valence-corrected chi connectivity index (χ4v) is 2.66. The predicted octanol–water partition coefficient (Wildman–Crippen LogP) is 1.66. The zero-order chi connectivity index (χ0) is 15.9. The van der Waals surface area contributed by atoms with Crippen LogP contribution in [0.5, 0.6) is 0 Å². The number of aliphatic hydroxyl groups is 1. The van der Waals surface area contributed by atoms with Crippen LogP contribution in [-0.4, -0.2) is 33.3 Å². The van der Waals surface area contributed by atoms with Crippen molar-refractivity contribution in [3.63, 3.8) is 0 Å². The van der Waals surface area contributed by atoms with Crippen molar-refractivity contribution in [2.75, 3.05) is 19.8 Å². The maximum Gasteiger partial charge on any atom is 0.240 e. The van der Waals surface area contributed by atoms with Gasteiger partial charge in [0.2, 0.25) is 10.0 Å². The summed E-state index contributed by atoms with van der Waals surface area (Å²) < 4.78 is 44.9. The van der Waals surface area contributed by atoms with Gasteiger partial charge in [0.15, 0.2) is 0 Å². The Labute approximate surface area is 125 Å². The zero-order valence-corrected chi connectivity index (χ0v) is 13.1. The van der Waals surface area contributed by atoms with Gasteiger partial charge in [0.1, 0.15) is 5.82 Å². The van der Waals surface area contributed by atoms with Crippen LogP contribution >= 0.6 is 0 Å². The van der Waals surface area contributed by atoms with Crippen molar-refractivity contribution in [3.8, 4) is 0 Å². The van der Waals surface area contributed by atoms with Gasteiger partial charge in [-0.25, -0.2) is 17.5 Å². The lowest BCUT2D eigenvalue weighted by molar-refractivity contribution is 0.128. The molecule has 0 aliphatic heterocycles. The molecule has 0 heterocycles. The van der Waals surface area contributed by atoms with E-state index in [4.69, 9.17) is 9.84 Å². The maximum atomic E-state index is 13.2. The highest BCUT2D eigenvalue weighted by atomic mass is 32.2. The zero-order valence-electron chi connectivity index (χ0n) is 12.3. The SMILES string of the molecule is CC(C)CCOCCNS(=O)(=O)c1ccc(F)c(CO)c1. The molecule has 1 rings (SSSR count). The number of nitrogens with one attached hydrogen (secondary N) is 1. The Bertz CT molecular complexity index is 546. The van der Waals surface area contributed by atoms with E-state index in [1.807, 2.05) is 0 Å². The molecule has 0 unspecified atom stereocenters. The van der Waals surface area contributed by atoms with Gasteiger partial charge in [-0.05, 0) is 30.5 Å². The predicted molar refractivity (Wildman–Crippen MR) is 77.8 cm³/mol. The van der Waals surface area contributed by atoms with Crippen molar-refractivity contribution < 1.29 is 22.7 Å². The molecule has 5 nitrogen and oxygen atoms in total. The number of ether oxygens (including phenoxy) is 1. The Morgan fingerprint density at radius 3 is 2.67 bits per heavy atom. The van der Waals surface area contributed by atoms with E-state index in [1.54, 1.807) is 0 Å².